The molecule has 0 saturated carbocycles. The SMILES string of the molecule is NC(=S)c1ccccc1S(=O)(=O)NC1CC2CCC1O2. The maximum Gasteiger partial charge on any atom is 0.241 e. The molecule has 2 aliphatic heterocycles. The number of hydrogen-bond donors (Lipinski definition) is 2. The molecule has 1 aromatic rings. The van der Waals surface area contributed by atoms with Crippen LogP contribution in [0.1, 0.15) is 24.8 Å². The van der Waals surface area contributed by atoms with Crippen molar-refractivity contribution in [3.63, 3.8) is 0 Å². The van der Waals surface area contributed by atoms with Crippen molar-refractivity contribution < 1.29 is 13.2 Å². The highest BCUT2D eigenvalue weighted by Gasteiger charge is 2.42. The number of nitrogens with one attached hydrogen (secondary N) is 1. The van der Waals surface area contributed by atoms with Crippen LogP contribution in [0.2, 0.25) is 0 Å². The zero-order valence-electron chi connectivity index (χ0n) is 10.8. The van der Waals surface area contributed by atoms with Crippen LogP contribution in [0.3, 0.4) is 0 Å². The Hall–Kier alpha value is -1.02. The van der Waals surface area contributed by atoms with Gasteiger partial charge in [-0.2, -0.15) is 0 Å². The predicted octanol–water partition coefficient (Wildman–Crippen LogP) is 0.919. The van der Waals surface area contributed by atoms with Crippen LogP contribution in [0, 0.1) is 0 Å². The summed E-state index contributed by atoms with van der Waals surface area (Å²) in [5.41, 5.74) is 5.97. The first kappa shape index (κ1) is 13.9. The number of rotatable bonds is 4. The van der Waals surface area contributed by atoms with E-state index in [4.69, 9.17) is 22.7 Å². The molecule has 2 fully saturated rings. The van der Waals surface area contributed by atoms with Gasteiger partial charge in [-0.05, 0) is 25.3 Å². The summed E-state index contributed by atoms with van der Waals surface area (Å²) in [5, 5.41) is 0. The van der Waals surface area contributed by atoms with Gasteiger partial charge in [-0.15, -0.1) is 0 Å². The highest BCUT2D eigenvalue weighted by atomic mass is 32.2. The topological polar surface area (TPSA) is 81.4 Å². The Labute approximate surface area is 123 Å². The summed E-state index contributed by atoms with van der Waals surface area (Å²) in [7, 11) is -3.64. The predicted molar refractivity (Wildman–Crippen MR) is 79.0 cm³/mol. The lowest BCUT2D eigenvalue weighted by atomic mass is 9.96. The molecule has 0 amide bonds. The van der Waals surface area contributed by atoms with Crippen molar-refractivity contribution in [1.82, 2.24) is 4.72 Å². The molecule has 2 aliphatic rings. The van der Waals surface area contributed by atoms with E-state index in [0.29, 0.717) is 5.56 Å². The minimum absolute atomic E-state index is 0.00762. The van der Waals surface area contributed by atoms with Gasteiger partial charge in [0.1, 0.15) is 4.99 Å². The fraction of sp³-hybridized carbons (Fsp3) is 0.462. The maximum atomic E-state index is 12.5. The van der Waals surface area contributed by atoms with E-state index in [0.717, 1.165) is 19.3 Å². The molecule has 7 heteroatoms. The van der Waals surface area contributed by atoms with E-state index < -0.39 is 10.0 Å². The Kier molecular flexibility index (Phi) is 3.53. The van der Waals surface area contributed by atoms with E-state index in [1.807, 2.05) is 0 Å². The quantitative estimate of drug-likeness (QED) is 0.808. The smallest absolute Gasteiger partial charge is 0.241 e. The Balaban J connectivity index is 1.87. The summed E-state index contributed by atoms with van der Waals surface area (Å²) in [6.07, 6.45) is 2.85. The van der Waals surface area contributed by atoms with Crippen LogP contribution in [0.4, 0.5) is 0 Å². The van der Waals surface area contributed by atoms with Gasteiger partial charge in [0, 0.05) is 5.56 Å². The number of ether oxygens (including phenoxy) is 1. The number of benzene rings is 1. The van der Waals surface area contributed by atoms with E-state index in [1.165, 1.54) is 6.07 Å². The van der Waals surface area contributed by atoms with E-state index in [9.17, 15) is 8.42 Å². The second-order valence-corrected chi connectivity index (χ2v) is 7.32. The Morgan fingerprint density at radius 1 is 1.35 bits per heavy atom. The van der Waals surface area contributed by atoms with Gasteiger partial charge in [-0.1, -0.05) is 30.4 Å². The first-order chi connectivity index (χ1) is 9.47. The minimum Gasteiger partial charge on any atom is -0.389 e. The largest absolute Gasteiger partial charge is 0.389 e. The van der Waals surface area contributed by atoms with Gasteiger partial charge in [0.05, 0.1) is 23.1 Å². The van der Waals surface area contributed by atoms with Gasteiger partial charge >= 0.3 is 0 Å². The minimum atomic E-state index is -3.64. The summed E-state index contributed by atoms with van der Waals surface area (Å²) in [4.78, 5) is 0.213. The van der Waals surface area contributed by atoms with Crippen LogP contribution in [-0.4, -0.2) is 31.7 Å². The number of fused-ring (bicyclic) bond motifs is 2. The van der Waals surface area contributed by atoms with Crippen molar-refractivity contribution in [2.24, 2.45) is 5.73 Å². The van der Waals surface area contributed by atoms with E-state index in [1.54, 1.807) is 18.2 Å². The third-order valence-corrected chi connectivity index (χ3v) is 5.62. The Bertz CT molecular complexity index is 645. The summed E-state index contributed by atoms with van der Waals surface area (Å²) in [6, 6.07) is 6.36. The third-order valence-electron chi connectivity index (χ3n) is 3.85. The zero-order chi connectivity index (χ0) is 14.3. The standard InChI is InChI=1S/C13H16N2O3S2/c14-13(19)9-3-1-2-4-12(9)20(16,17)15-10-7-8-5-6-11(10)18-8/h1-4,8,10-11,15H,5-7H2,(H2,14,19). The van der Waals surface area contributed by atoms with Crippen molar-refractivity contribution in [2.75, 3.05) is 0 Å². The van der Waals surface area contributed by atoms with Crippen LogP contribution < -0.4 is 10.5 Å². The van der Waals surface area contributed by atoms with Crippen molar-refractivity contribution in [2.45, 2.75) is 42.4 Å². The third kappa shape index (κ3) is 2.46. The molecule has 0 aromatic heterocycles. The van der Waals surface area contributed by atoms with E-state index in [2.05, 4.69) is 4.72 Å². The molecule has 0 spiro atoms. The monoisotopic (exact) mass is 312 g/mol. The molecule has 2 heterocycles. The molecule has 5 nitrogen and oxygen atoms in total. The van der Waals surface area contributed by atoms with Gasteiger partial charge in [-0.3, -0.25) is 0 Å². The molecule has 3 atom stereocenters. The normalized spacial score (nSPS) is 28.7. The zero-order valence-corrected chi connectivity index (χ0v) is 12.4. The molecular formula is C13H16N2O3S2. The number of thiocarbonyl (C=S) groups is 1. The molecule has 108 valence electrons. The highest BCUT2D eigenvalue weighted by molar-refractivity contribution is 7.89. The maximum absolute atomic E-state index is 12.5. The number of nitrogens with two attached hydrogens (primary N) is 1. The van der Waals surface area contributed by atoms with Gasteiger partial charge in [0.25, 0.3) is 0 Å². The fourth-order valence-electron chi connectivity index (χ4n) is 2.93. The number of hydrogen-bond acceptors (Lipinski definition) is 4. The Morgan fingerprint density at radius 2 is 2.10 bits per heavy atom. The molecule has 0 aliphatic carbocycles. The van der Waals surface area contributed by atoms with Gasteiger partial charge in [-0.25, -0.2) is 13.1 Å². The van der Waals surface area contributed by atoms with Gasteiger partial charge in [0.15, 0.2) is 0 Å². The van der Waals surface area contributed by atoms with Crippen LogP contribution in [0.15, 0.2) is 29.2 Å². The van der Waals surface area contributed by atoms with Crippen molar-refractivity contribution in [1.29, 1.82) is 0 Å². The number of sulfonamides is 1. The van der Waals surface area contributed by atoms with Gasteiger partial charge < -0.3 is 10.5 Å². The first-order valence-electron chi connectivity index (χ1n) is 6.54. The molecule has 0 radical (unpaired) electrons. The van der Waals surface area contributed by atoms with E-state index >= 15 is 0 Å². The fourth-order valence-corrected chi connectivity index (χ4v) is 4.67. The van der Waals surface area contributed by atoms with Crippen molar-refractivity contribution in [3.05, 3.63) is 29.8 Å². The van der Waals surface area contributed by atoms with Crippen molar-refractivity contribution >= 4 is 27.2 Å². The molecule has 3 N–H and O–H groups in total. The summed E-state index contributed by atoms with van der Waals surface area (Å²) in [5.74, 6) is 0. The lowest BCUT2D eigenvalue weighted by Crippen LogP contribution is -2.41. The van der Waals surface area contributed by atoms with Crippen LogP contribution in [-0.2, 0) is 14.8 Å². The highest BCUT2D eigenvalue weighted by Crippen LogP contribution is 2.35. The summed E-state index contributed by atoms with van der Waals surface area (Å²) >= 11 is 4.92. The Morgan fingerprint density at radius 3 is 2.70 bits per heavy atom. The van der Waals surface area contributed by atoms with Gasteiger partial charge in [0.2, 0.25) is 10.0 Å². The summed E-state index contributed by atoms with van der Waals surface area (Å²) < 4.78 is 33.4. The average Bonchev–Trinajstić information content (AvgIpc) is 3.00. The average molecular weight is 312 g/mol. The second kappa shape index (κ2) is 5.07. The van der Waals surface area contributed by atoms with Crippen LogP contribution in [0.25, 0.3) is 0 Å². The lowest BCUT2D eigenvalue weighted by Gasteiger charge is -2.20. The molecule has 2 saturated heterocycles. The summed E-state index contributed by atoms with van der Waals surface area (Å²) in [6.45, 7) is 0. The molecule has 20 heavy (non-hydrogen) atoms. The molecule has 1 aromatic carbocycles. The second-order valence-electron chi connectivity index (χ2n) is 5.20. The van der Waals surface area contributed by atoms with E-state index in [-0.39, 0.29) is 28.1 Å². The lowest BCUT2D eigenvalue weighted by molar-refractivity contribution is 0.0996. The molecule has 3 unspecified atom stereocenters. The molecule has 3 rings (SSSR count). The first-order valence-corrected chi connectivity index (χ1v) is 8.43. The molecular weight excluding hydrogens is 296 g/mol. The van der Waals surface area contributed by atoms with Crippen LogP contribution >= 0.6 is 12.2 Å². The molecule has 2 bridgehead atoms. The van der Waals surface area contributed by atoms with Crippen molar-refractivity contribution in [3.8, 4) is 0 Å². The van der Waals surface area contributed by atoms with Crippen LogP contribution in [0.5, 0.6) is 0 Å².